The number of unbranched alkanes of at least 4 members (excludes halogenated alkanes) is 1. The smallest absolute Gasteiger partial charge is 0.242 e. The highest BCUT2D eigenvalue weighted by Crippen LogP contribution is 2.06. The van der Waals surface area contributed by atoms with E-state index in [2.05, 4.69) is 37.1 Å². The molecule has 0 saturated carbocycles. The fraction of sp³-hybridized carbons (Fsp3) is 0.792. The zero-order chi connectivity index (χ0) is 31.4. The molecule has 17 heteroatoms. The summed E-state index contributed by atoms with van der Waals surface area (Å²) in [5.74, 6) is -2.25. The fourth-order valence-corrected chi connectivity index (χ4v) is 3.70. The second kappa shape index (κ2) is 21.9. The lowest BCUT2D eigenvalue weighted by molar-refractivity contribution is -0.137. The molecule has 0 aromatic carbocycles. The molecule has 0 heterocycles. The molecule has 0 aromatic rings. The van der Waals surface area contributed by atoms with Gasteiger partial charge in [-0.1, -0.05) is 13.8 Å². The lowest BCUT2D eigenvalue weighted by Gasteiger charge is -2.27. The number of amides is 2. The van der Waals surface area contributed by atoms with Crippen molar-refractivity contribution in [2.24, 2.45) is 45.3 Å². The van der Waals surface area contributed by atoms with Crippen LogP contribution in [0.2, 0.25) is 0 Å². The Balaban J connectivity index is 5.29. The average Bonchev–Trinajstić information content (AvgIpc) is 2.87. The molecule has 17 nitrogen and oxygen atoms in total. The topological polar surface area (TPSA) is 309 Å². The zero-order valence-corrected chi connectivity index (χ0v) is 24.6. The number of carbonyl (C=O) groups excluding carboxylic acids is 4. The van der Waals surface area contributed by atoms with Gasteiger partial charge in [-0.15, -0.1) is 0 Å². The van der Waals surface area contributed by atoms with Gasteiger partial charge in [-0.05, 0) is 57.5 Å². The lowest BCUT2D eigenvalue weighted by Crippen LogP contribution is -2.60. The second-order valence-electron chi connectivity index (χ2n) is 10.1. The number of nitrogens with zero attached hydrogens (tertiary/aromatic N) is 1. The number of ketones is 2. The Bertz CT molecular complexity index is 819. The Labute approximate surface area is 242 Å². The van der Waals surface area contributed by atoms with Crippen molar-refractivity contribution in [1.82, 2.24) is 32.1 Å². The third kappa shape index (κ3) is 19.1. The van der Waals surface area contributed by atoms with E-state index in [0.717, 1.165) is 0 Å². The number of carbonyl (C=O) groups is 4. The van der Waals surface area contributed by atoms with Gasteiger partial charge in [0, 0.05) is 20.0 Å². The van der Waals surface area contributed by atoms with Crippen LogP contribution < -0.4 is 66.5 Å². The summed E-state index contributed by atoms with van der Waals surface area (Å²) in [6, 6.07) is -2.53. The van der Waals surface area contributed by atoms with Crippen LogP contribution in [0.3, 0.4) is 0 Å². The molecule has 0 aliphatic rings. The van der Waals surface area contributed by atoms with Gasteiger partial charge in [0.1, 0.15) is 24.7 Å². The number of rotatable bonds is 24. The summed E-state index contributed by atoms with van der Waals surface area (Å²) in [4.78, 5) is 54.4. The molecule has 0 fully saturated rings. The Morgan fingerprint density at radius 3 is 1.78 bits per heavy atom. The van der Waals surface area contributed by atoms with E-state index in [-0.39, 0.29) is 17.8 Å². The first kappa shape index (κ1) is 38.2. The highest BCUT2D eigenvalue weighted by atomic mass is 16.2. The van der Waals surface area contributed by atoms with Gasteiger partial charge < -0.3 is 45.0 Å². The minimum absolute atomic E-state index is 0.00995. The summed E-state index contributed by atoms with van der Waals surface area (Å²) >= 11 is 0. The van der Waals surface area contributed by atoms with Crippen LogP contribution in [0.15, 0.2) is 4.99 Å². The standard InChI is InChI=1S/C24H53N13O4/c1-14(2)18(37-36-16(19(39)15(3)38)8-6-12-33-23(27)28)21(41)35-17(9-7-13-34-24(29)30)20(40)31-10-4-5-11-32-22(25)26/h14,16-18,23-24,33-34,36-37H,4-13,27-30H2,1-3H3,(H,31,40)(H,35,41)(H4,25,26,32)/t16-,17-,18-/m0/s1. The summed E-state index contributed by atoms with van der Waals surface area (Å²) in [6.07, 6.45) is 1.55. The van der Waals surface area contributed by atoms with Gasteiger partial charge >= 0.3 is 0 Å². The van der Waals surface area contributed by atoms with Crippen LogP contribution in [-0.4, -0.2) is 86.2 Å². The predicted molar refractivity (Wildman–Crippen MR) is 158 cm³/mol. The van der Waals surface area contributed by atoms with Crippen LogP contribution >= 0.6 is 0 Å². The van der Waals surface area contributed by atoms with Crippen LogP contribution in [0.4, 0.5) is 0 Å². The molecule has 0 aromatic heterocycles. The summed E-state index contributed by atoms with van der Waals surface area (Å²) < 4.78 is 0. The third-order valence-corrected chi connectivity index (χ3v) is 5.94. The molecule has 18 N–H and O–H groups in total. The van der Waals surface area contributed by atoms with Crippen molar-refractivity contribution in [2.45, 2.75) is 90.0 Å². The first-order chi connectivity index (χ1) is 19.3. The first-order valence-electron chi connectivity index (χ1n) is 13.9. The van der Waals surface area contributed by atoms with Crippen molar-refractivity contribution in [2.75, 3.05) is 26.2 Å². The number of nitrogens with two attached hydrogens (primary N) is 6. The normalized spacial score (nSPS) is 13.6. The number of hydrogen-bond acceptors (Lipinski definition) is 13. The van der Waals surface area contributed by atoms with Gasteiger partial charge in [-0.3, -0.25) is 34.8 Å². The van der Waals surface area contributed by atoms with Gasteiger partial charge in [0.15, 0.2) is 11.7 Å². The molecule has 238 valence electrons. The number of aliphatic imine (C=N–C) groups is 1. The van der Waals surface area contributed by atoms with Crippen molar-refractivity contribution < 1.29 is 19.2 Å². The van der Waals surface area contributed by atoms with E-state index in [1.165, 1.54) is 6.92 Å². The maximum absolute atomic E-state index is 13.3. The molecule has 0 unspecified atom stereocenters. The number of guanidine groups is 1. The van der Waals surface area contributed by atoms with Crippen LogP contribution in [0.5, 0.6) is 0 Å². The van der Waals surface area contributed by atoms with E-state index >= 15 is 0 Å². The van der Waals surface area contributed by atoms with E-state index < -0.39 is 48.2 Å². The average molecular weight is 588 g/mol. The highest BCUT2D eigenvalue weighted by molar-refractivity contribution is 6.38. The Hall–Kier alpha value is -2.77. The maximum atomic E-state index is 13.3. The van der Waals surface area contributed by atoms with Gasteiger partial charge in [0.05, 0.1) is 6.04 Å². The summed E-state index contributed by atoms with van der Waals surface area (Å²) in [6.45, 7) is 6.52. The molecule has 41 heavy (non-hydrogen) atoms. The maximum Gasteiger partial charge on any atom is 0.242 e. The van der Waals surface area contributed by atoms with Crippen molar-refractivity contribution in [1.29, 1.82) is 0 Å². The van der Waals surface area contributed by atoms with Crippen LogP contribution in [0.1, 0.15) is 59.3 Å². The van der Waals surface area contributed by atoms with Gasteiger partial charge in [0.25, 0.3) is 0 Å². The molecule has 0 bridgehead atoms. The summed E-state index contributed by atoms with van der Waals surface area (Å²) in [7, 11) is 0. The molecule has 0 radical (unpaired) electrons. The molecular weight excluding hydrogens is 534 g/mol. The quantitative estimate of drug-likeness (QED) is 0.0126. The summed E-state index contributed by atoms with van der Waals surface area (Å²) in [5, 5.41) is 11.3. The predicted octanol–water partition coefficient (Wildman–Crippen LogP) is -4.57. The van der Waals surface area contributed by atoms with Crippen LogP contribution in [-0.2, 0) is 19.2 Å². The molecule has 0 rings (SSSR count). The van der Waals surface area contributed by atoms with E-state index in [4.69, 9.17) is 34.4 Å². The minimum Gasteiger partial charge on any atom is -0.370 e. The molecule has 2 amide bonds. The highest BCUT2D eigenvalue weighted by Gasteiger charge is 2.29. The Kier molecular flexibility index (Phi) is 20.4. The minimum atomic E-state index is -0.873. The zero-order valence-electron chi connectivity index (χ0n) is 24.6. The molecule has 3 atom stereocenters. The molecule has 0 spiro atoms. The number of nitrogens with one attached hydrogen (secondary N) is 6. The largest absolute Gasteiger partial charge is 0.370 e. The third-order valence-electron chi connectivity index (χ3n) is 5.94. The van der Waals surface area contributed by atoms with Crippen molar-refractivity contribution >= 4 is 29.3 Å². The Morgan fingerprint density at radius 1 is 0.732 bits per heavy atom. The second-order valence-corrected chi connectivity index (χ2v) is 10.1. The monoisotopic (exact) mass is 587 g/mol. The number of Topliss-reactive ketones (excluding diaryl/α,β-unsaturated/α-hetero) is 2. The Morgan fingerprint density at radius 2 is 1.29 bits per heavy atom. The van der Waals surface area contributed by atoms with E-state index in [0.29, 0.717) is 64.7 Å². The summed E-state index contributed by atoms with van der Waals surface area (Å²) in [5.41, 5.74) is 38.3. The molecule has 0 aliphatic carbocycles. The molecular formula is C24H53N13O4. The molecule has 0 aliphatic heterocycles. The molecule has 0 saturated heterocycles. The SMILES string of the molecule is CC(=O)C(=O)[C@H](CCCNC(N)N)NN[C@H](C(=O)N[C@@H](CCCNC(N)N)C(=O)NCCCCN=C(N)N)C(C)C. The fourth-order valence-electron chi connectivity index (χ4n) is 3.70. The van der Waals surface area contributed by atoms with Crippen LogP contribution in [0, 0.1) is 5.92 Å². The van der Waals surface area contributed by atoms with Crippen molar-refractivity contribution in [3.63, 3.8) is 0 Å². The van der Waals surface area contributed by atoms with Gasteiger partial charge in [0.2, 0.25) is 17.6 Å². The lowest BCUT2D eigenvalue weighted by atomic mass is 10.0. The van der Waals surface area contributed by atoms with Gasteiger partial charge in [-0.25, -0.2) is 10.9 Å². The van der Waals surface area contributed by atoms with Crippen molar-refractivity contribution in [3.05, 3.63) is 0 Å². The van der Waals surface area contributed by atoms with E-state index in [9.17, 15) is 19.2 Å². The van der Waals surface area contributed by atoms with Gasteiger partial charge in [-0.2, -0.15) is 0 Å². The number of hydrogen-bond donors (Lipinski definition) is 12. The van der Waals surface area contributed by atoms with E-state index in [1.54, 1.807) is 0 Å². The number of hydrazine groups is 1. The van der Waals surface area contributed by atoms with Crippen LogP contribution in [0.25, 0.3) is 0 Å². The van der Waals surface area contributed by atoms with E-state index in [1.807, 2.05) is 13.8 Å². The first-order valence-corrected chi connectivity index (χ1v) is 13.9. The van der Waals surface area contributed by atoms with Crippen molar-refractivity contribution in [3.8, 4) is 0 Å².